The lowest BCUT2D eigenvalue weighted by Gasteiger charge is -2.16. The van der Waals surface area contributed by atoms with Gasteiger partial charge in [0.15, 0.2) is 5.16 Å². The first kappa shape index (κ1) is 18.9. The fourth-order valence-corrected chi connectivity index (χ4v) is 3.70. The first-order valence-electron chi connectivity index (χ1n) is 7.84. The minimum Gasteiger partial charge on any atom is -0.350 e. The molecular formula is C18H22BrN3OS. The van der Waals surface area contributed by atoms with E-state index in [1.165, 1.54) is 11.8 Å². The number of aryl methyl sites for hydroxylation is 2. The highest BCUT2D eigenvalue weighted by atomic mass is 79.9. The highest BCUT2D eigenvalue weighted by molar-refractivity contribution is 9.10. The molecule has 1 atom stereocenters. The van der Waals surface area contributed by atoms with E-state index in [2.05, 4.69) is 31.2 Å². The minimum absolute atomic E-state index is 0.0333. The minimum atomic E-state index is -0.0367. The number of benzene rings is 1. The van der Waals surface area contributed by atoms with Gasteiger partial charge in [0.2, 0.25) is 5.91 Å². The van der Waals surface area contributed by atoms with E-state index in [1.807, 2.05) is 51.3 Å². The van der Waals surface area contributed by atoms with Crippen molar-refractivity contribution < 1.29 is 4.79 Å². The summed E-state index contributed by atoms with van der Waals surface area (Å²) in [5, 5.41) is 3.83. The molecule has 6 heteroatoms. The van der Waals surface area contributed by atoms with Crippen molar-refractivity contribution >= 4 is 33.6 Å². The number of hydrogen-bond acceptors (Lipinski definition) is 4. The van der Waals surface area contributed by atoms with Crippen molar-refractivity contribution in [2.24, 2.45) is 0 Å². The van der Waals surface area contributed by atoms with Gasteiger partial charge in [0.05, 0.1) is 6.04 Å². The van der Waals surface area contributed by atoms with Gasteiger partial charge in [-0.25, -0.2) is 9.97 Å². The number of thioether (sulfide) groups is 1. The molecule has 1 aromatic carbocycles. The van der Waals surface area contributed by atoms with Crippen LogP contribution in [0.4, 0.5) is 0 Å². The van der Waals surface area contributed by atoms with E-state index in [4.69, 9.17) is 0 Å². The Balaban J connectivity index is 1.98. The average molecular weight is 408 g/mol. The van der Waals surface area contributed by atoms with Gasteiger partial charge in [-0.2, -0.15) is 0 Å². The van der Waals surface area contributed by atoms with E-state index in [9.17, 15) is 4.79 Å². The van der Waals surface area contributed by atoms with Crippen LogP contribution in [0.15, 0.2) is 33.9 Å². The largest absolute Gasteiger partial charge is 0.350 e. The number of carbonyl (C=O) groups excluding carboxylic acids is 1. The Hall–Kier alpha value is -1.40. The molecule has 1 N–H and O–H groups in total. The summed E-state index contributed by atoms with van der Waals surface area (Å²) in [6.45, 7) is 5.95. The molecule has 4 nitrogen and oxygen atoms in total. The highest BCUT2D eigenvalue weighted by Crippen LogP contribution is 2.23. The van der Waals surface area contributed by atoms with Crippen LogP contribution in [0.25, 0.3) is 0 Å². The van der Waals surface area contributed by atoms with Gasteiger partial charge < -0.3 is 5.32 Å². The Morgan fingerprint density at radius 3 is 2.46 bits per heavy atom. The van der Waals surface area contributed by atoms with Crippen LogP contribution in [0.5, 0.6) is 0 Å². The maximum absolute atomic E-state index is 12.3. The maximum Gasteiger partial charge on any atom is 0.220 e. The first-order chi connectivity index (χ1) is 11.4. The zero-order valence-electron chi connectivity index (χ0n) is 14.4. The summed E-state index contributed by atoms with van der Waals surface area (Å²) in [5.41, 5.74) is 4.05. The summed E-state index contributed by atoms with van der Waals surface area (Å²) < 4.78 is 1.01. The monoisotopic (exact) mass is 407 g/mol. The van der Waals surface area contributed by atoms with Gasteiger partial charge in [0.1, 0.15) is 0 Å². The Labute approximate surface area is 156 Å². The van der Waals surface area contributed by atoms with Gasteiger partial charge >= 0.3 is 0 Å². The van der Waals surface area contributed by atoms with Gasteiger partial charge in [0.25, 0.3) is 0 Å². The van der Waals surface area contributed by atoms with Crippen LogP contribution in [-0.4, -0.2) is 22.1 Å². The van der Waals surface area contributed by atoms with E-state index < -0.39 is 0 Å². The third-order valence-electron chi connectivity index (χ3n) is 3.93. The molecule has 0 unspecified atom stereocenters. The van der Waals surface area contributed by atoms with Crippen molar-refractivity contribution in [3.05, 3.63) is 51.3 Å². The lowest BCUT2D eigenvalue weighted by Crippen LogP contribution is -2.27. The summed E-state index contributed by atoms with van der Waals surface area (Å²) in [4.78, 5) is 21.2. The van der Waals surface area contributed by atoms with Crippen LogP contribution in [0.3, 0.4) is 0 Å². The number of carbonyl (C=O) groups is 1. The lowest BCUT2D eigenvalue weighted by atomic mass is 10.1. The van der Waals surface area contributed by atoms with Crippen LogP contribution in [0.2, 0.25) is 0 Å². The molecule has 0 aliphatic rings. The number of hydrogen-bond donors (Lipinski definition) is 1. The summed E-state index contributed by atoms with van der Waals surface area (Å²) in [7, 11) is 0. The molecule has 1 amide bonds. The van der Waals surface area contributed by atoms with Crippen molar-refractivity contribution in [2.45, 2.75) is 44.8 Å². The molecule has 0 aliphatic heterocycles. The number of amides is 1. The molecule has 128 valence electrons. The normalized spacial score (nSPS) is 12.0. The van der Waals surface area contributed by atoms with E-state index in [1.54, 1.807) is 0 Å². The quantitative estimate of drug-likeness (QED) is 0.569. The number of rotatable bonds is 6. The molecule has 2 rings (SSSR count). The van der Waals surface area contributed by atoms with Crippen LogP contribution in [-0.2, 0) is 11.2 Å². The topological polar surface area (TPSA) is 54.9 Å². The van der Waals surface area contributed by atoms with Gasteiger partial charge in [-0.3, -0.25) is 4.79 Å². The molecular weight excluding hydrogens is 386 g/mol. The third kappa shape index (κ3) is 4.80. The fraction of sp³-hybridized carbons (Fsp3) is 0.389. The molecule has 0 radical (unpaired) electrons. The number of aromatic nitrogens is 2. The van der Waals surface area contributed by atoms with E-state index in [0.717, 1.165) is 32.1 Å². The van der Waals surface area contributed by atoms with Crippen molar-refractivity contribution in [1.29, 1.82) is 0 Å². The van der Waals surface area contributed by atoms with Gasteiger partial charge in [0, 0.05) is 22.3 Å². The van der Waals surface area contributed by atoms with Gasteiger partial charge in [-0.15, -0.1) is 0 Å². The predicted molar refractivity (Wildman–Crippen MR) is 102 cm³/mol. The molecule has 0 aliphatic carbocycles. The second-order valence-electron chi connectivity index (χ2n) is 5.67. The van der Waals surface area contributed by atoms with Crippen LogP contribution in [0.1, 0.15) is 41.9 Å². The molecule has 0 bridgehead atoms. The van der Waals surface area contributed by atoms with Crippen molar-refractivity contribution in [1.82, 2.24) is 15.3 Å². The summed E-state index contributed by atoms with van der Waals surface area (Å²) >= 11 is 5.06. The van der Waals surface area contributed by atoms with Crippen LogP contribution >= 0.6 is 27.7 Å². The highest BCUT2D eigenvalue weighted by Gasteiger charge is 2.14. The number of nitrogens with zero attached hydrogens (tertiary/aromatic N) is 2. The van der Waals surface area contributed by atoms with Crippen molar-refractivity contribution in [2.75, 3.05) is 6.26 Å². The molecule has 24 heavy (non-hydrogen) atoms. The van der Waals surface area contributed by atoms with Gasteiger partial charge in [-0.05, 0) is 50.6 Å². The smallest absolute Gasteiger partial charge is 0.220 e. The zero-order valence-corrected chi connectivity index (χ0v) is 16.8. The van der Waals surface area contributed by atoms with Crippen LogP contribution < -0.4 is 5.32 Å². The van der Waals surface area contributed by atoms with E-state index in [0.29, 0.717) is 12.8 Å². The van der Waals surface area contributed by atoms with Gasteiger partial charge in [-0.1, -0.05) is 45.9 Å². The Kier molecular flexibility index (Phi) is 6.80. The lowest BCUT2D eigenvalue weighted by molar-refractivity contribution is -0.121. The van der Waals surface area contributed by atoms with Crippen LogP contribution in [0, 0.1) is 13.8 Å². The third-order valence-corrected chi connectivity index (χ3v) is 5.20. The van der Waals surface area contributed by atoms with Crippen molar-refractivity contribution in [3.63, 3.8) is 0 Å². The molecule has 0 saturated heterocycles. The maximum atomic E-state index is 12.3. The predicted octanol–water partition coefficient (Wildman–Crippen LogP) is 4.39. The summed E-state index contributed by atoms with van der Waals surface area (Å²) in [6, 6.07) is 7.89. The Morgan fingerprint density at radius 2 is 1.88 bits per heavy atom. The first-order valence-corrected chi connectivity index (χ1v) is 9.86. The molecule has 2 aromatic rings. The van der Waals surface area contributed by atoms with E-state index >= 15 is 0 Å². The summed E-state index contributed by atoms with van der Waals surface area (Å²) in [5.74, 6) is 0.0333. The summed E-state index contributed by atoms with van der Waals surface area (Å²) in [6.07, 6.45) is 3.05. The number of nitrogens with one attached hydrogen (secondary N) is 1. The number of halogens is 1. The molecule has 1 aromatic heterocycles. The fourth-order valence-electron chi connectivity index (χ4n) is 2.62. The Bertz CT molecular complexity index is 713. The average Bonchev–Trinajstić information content (AvgIpc) is 2.54. The Morgan fingerprint density at radius 1 is 1.25 bits per heavy atom. The second kappa shape index (κ2) is 8.62. The standard InChI is InChI=1S/C18H22BrN3OS/c1-11-14(12(2)22-18(21-11)24-4)9-10-17(23)20-13(3)15-7-5-6-8-16(15)19/h5-8,13H,9-10H2,1-4H3,(H,20,23)/t13-/m0/s1. The molecule has 0 fully saturated rings. The SMILES string of the molecule is CSc1nc(C)c(CCC(=O)N[C@@H](C)c2ccccc2Br)c(C)n1. The zero-order chi connectivity index (χ0) is 17.7. The second-order valence-corrected chi connectivity index (χ2v) is 7.30. The van der Waals surface area contributed by atoms with E-state index in [-0.39, 0.29) is 11.9 Å². The molecule has 1 heterocycles. The molecule has 0 spiro atoms. The van der Waals surface area contributed by atoms with Crippen molar-refractivity contribution in [3.8, 4) is 0 Å². The molecule has 0 saturated carbocycles.